The fourth-order valence-corrected chi connectivity index (χ4v) is 2.62. The van der Waals surface area contributed by atoms with Gasteiger partial charge in [0.1, 0.15) is 6.67 Å². The Bertz CT molecular complexity index is 389. The molecule has 1 saturated heterocycles. The smallest absolute Gasteiger partial charge is 0.109 e. The molecule has 0 unspecified atom stereocenters. The van der Waals surface area contributed by atoms with E-state index < -0.39 is 0 Å². The van der Waals surface area contributed by atoms with E-state index in [1.165, 1.54) is 0 Å². The number of nitrogens with one attached hydrogen (secondary N) is 1. The van der Waals surface area contributed by atoms with Gasteiger partial charge in [0.15, 0.2) is 0 Å². The van der Waals surface area contributed by atoms with Gasteiger partial charge in [0.2, 0.25) is 0 Å². The van der Waals surface area contributed by atoms with E-state index in [1.807, 2.05) is 18.2 Å². The maximum absolute atomic E-state index is 13.2. The molecule has 0 radical (unpaired) electrons. The summed E-state index contributed by atoms with van der Waals surface area (Å²) >= 11 is 9.33. The number of nitrogens with zero attached hydrogens (tertiary/aromatic N) is 1. The Balaban J connectivity index is 0.00000162. The molecule has 0 bridgehead atoms. The number of hydrogen-bond acceptors (Lipinski definition) is 2. The molecule has 1 aliphatic heterocycles. The van der Waals surface area contributed by atoms with Crippen molar-refractivity contribution in [1.29, 1.82) is 0 Å². The van der Waals surface area contributed by atoms with E-state index in [0.29, 0.717) is 5.02 Å². The van der Waals surface area contributed by atoms with Crippen LogP contribution in [0.4, 0.5) is 4.39 Å². The van der Waals surface area contributed by atoms with Crippen LogP contribution < -0.4 is 5.32 Å². The first-order valence-electron chi connectivity index (χ1n) is 5.68. The number of rotatable bonds is 3. The van der Waals surface area contributed by atoms with Crippen molar-refractivity contribution in [3.63, 3.8) is 0 Å². The van der Waals surface area contributed by atoms with Crippen molar-refractivity contribution in [3.8, 4) is 0 Å². The van der Waals surface area contributed by atoms with Crippen LogP contribution in [0.15, 0.2) is 22.7 Å². The van der Waals surface area contributed by atoms with E-state index >= 15 is 0 Å². The average molecular weight is 395 g/mol. The van der Waals surface area contributed by atoms with Crippen LogP contribution in [0.25, 0.3) is 0 Å². The Morgan fingerprint density at radius 2 is 1.95 bits per heavy atom. The van der Waals surface area contributed by atoms with Gasteiger partial charge in [0.25, 0.3) is 0 Å². The van der Waals surface area contributed by atoms with Crippen LogP contribution in [-0.4, -0.2) is 37.8 Å². The Morgan fingerprint density at radius 1 is 1.32 bits per heavy atom. The van der Waals surface area contributed by atoms with Crippen molar-refractivity contribution in [2.75, 3.05) is 32.9 Å². The van der Waals surface area contributed by atoms with Crippen molar-refractivity contribution >= 4 is 52.3 Å². The first-order valence-corrected chi connectivity index (χ1v) is 6.85. The summed E-state index contributed by atoms with van der Waals surface area (Å²) in [6.45, 7) is 3.24. The van der Waals surface area contributed by atoms with E-state index in [4.69, 9.17) is 11.6 Å². The minimum absolute atomic E-state index is 0. The number of piperazine rings is 1. The van der Waals surface area contributed by atoms with Gasteiger partial charge in [0.05, 0.1) is 11.1 Å². The average Bonchev–Trinajstić information content (AvgIpc) is 2.36. The lowest BCUT2D eigenvalue weighted by atomic mass is 10.1. The molecule has 1 atom stereocenters. The highest BCUT2D eigenvalue weighted by Gasteiger charge is 2.22. The first-order chi connectivity index (χ1) is 8.22. The van der Waals surface area contributed by atoms with E-state index in [1.54, 1.807) is 0 Å². The number of halogens is 5. The molecule has 1 N–H and O–H groups in total. The van der Waals surface area contributed by atoms with Crippen LogP contribution in [0.2, 0.25) is 5.02 Å². The maximum atomic E-state index is 13.2. The largest absolute Gasteiger partial charge is 0.314 e. The van der Waals surface area contributed by atoms with Crippen molar-refractivity contribution < 1.29 is 4.39 Å². The highest BCUT2D eigenvalue weighted by molar-refractivity contribution is 9.10. The third-order valence-electron chi connectivity index (χ3n) is 3.07. The van der Waals surface area contributed by atoms with Crippen LogP contribution in [0.3, 0.4) is 0 Å². The molecule has 0 aromatic heterocycles. The van der Waals surface area contributed by atoms with Gasteiger partial charge in [0, 0.05) is 30.7 Å². The highest BCUT2D eigenvalue weighted by Crippen LogP contribution is 2.29. The van der Waals surface area contributed by atoms with Gasteiger partial charge in [-0.15, -0.1) is 24.8 Å². The Labute approximate surface area is 139 Å². The van der Waals surface area contributed by atoms with Gasteiger partial charge in [-0.05, 0) is 33.6 Å². The maximum Gasteiger partial charge on any atom is 0.109 e. The Morgan fingerprint density at radius 3 is 2.47 bits per heavy atom. The van der Waals surface area contributed by atoms with Crippen molar-refractivity contribution in [2.24, 2.45) is 0 Å². The zero-order chi connectivity index (χ0) is 12.3. The lowest BCUT2D eigenvalue weighted by Gasteiger charge is -2.33. The summed E-state index contributed by atoms with van der Waals surface area (Å²) < 4.78 is 14.1. The third-order valence-corrected chi connectivity index (χ3v) is 4.28. The molecule has 2 nitrogen and oxygen atoms in total. The normalized spacial score (nSPS) is 17.2. The monoisotopic (exact) mass is 392 g/mol. The molecule has 1 fully saturated rings. The lowest BCUT2D eigenvalue weighted by molar-refractivity contribution is 0.147. The van der Waals surface area contributed by atoms with E-state index in [-0.39, 0.29) is 37.5 Å². The molecular formula is C12H17BrCl3FN2. The second kappa shape index (κ2) is 9.37. The molecule has 1 aromatic carbocycles. The molecule has 7 heteroatoms. The van der Waals surface area contributed by atoms with Gasteiger partial charge < -0.3 is 5.32 Å². The fraction of sp³-hybridized carbons (Fsp3) is 0.500. The number of hydrogen-bond donors (Lipinski definition) is 1. The number of benzene rings is 1. The highest BCUT2D eigenvalue weighted by atomic mass is 79.9. The SMILES string of the molecule is Cl.Cl.FC[C@@H](c1ccc(Cl)c(Br)c1)N1CCNCC1. The van der Waals surface area contributed by atoms with Gasteiger partial charge in [-0.25, -0.2) is 4.39 Å². The Hall–Kier alpha value is 0.420. The topological polar surface area (TPSA) is 15.3 Å². The van der Waals surface area contributed by atoms with Crippen LogP contribution in [0.1, 0.15) is 11.6 Å². The molecule has 19 heavy (non-hydrogen) atoms. The molecule has 0 spiro atoms. The summed E-state index contributed by atoms with van der Waals surface area (Å²) in [6.07, 6.45) is 0. The van der Waals surface area contributed by atoms with Gasteiger partial charge in [-0.1, -0.05) is 17.7 Å². The predicted octanol–water partition coefficient (Wildman–Crippen LogP) is 3.86. The summed E-state index contributed by atoms with van der Waals surface area (Å²) in [4.78, 5) is 2.17. The summed E-state index contributed by atoms with van der Waals surface area (Å²) in [7, 11) is 0. The third kappa shape index (κ3) is 5.03. The van der Waals surface area contributed by atoms with Crippen LogP contribution >= 0.6 is 52.3 Å². The minimum atomic E-state index is -0.367. The molecule has 1 heterocycles. The zero-order valence-corrected chi connectivity index (χ0v) is 14.2. The lowest BCUT2D eigenvalue weighted by Crippen LogP contribution is -2.45. The molecular weight excluding hydrogens is 377 g/mol. The van der Waals surface area contributed by atoms with Crippen LogP contribution in [0.5, 0.6) is 0 Å². The van der Waals surface area contributed by atoms with Crippen LogP contribution in [-0.2, 0) is 0 Å². The summed E-state index contributed by atoms with van der Waals surface area (Å²) in [5.41, 5.74) is 0.977. The molecule has 1 aliphatic rings. The predicted molar refractivity (Wildman–Crippen MR) is 86.8 cm³/mol. The first kappa shape index (κ1) is 19.4. The summed E-state index contributed by atoms with van der Waals surface area (Å²) in [5, 5.41) is 3.93. The number of alkyl halides is 1. The van der Waals surface area contributed by atoms with E-state index in [9.17, 15) is 4.39 Å². The molecule has 0 aliphatic carbocycles. The Kier molecular flexibility index (Phi) is 9.58. The molecule has 2 rings (SSSR count). The molecule has 0 saturated carbocycles. The molecule has 110 valence electrons. The molecule has 1 aromatic rings. The summed E-state index contributed by atoms with van der Waals surface area (Å²) in [5.74, 6) is 0. The summed E-state index contributed by atoms with van der Waals surface area (Å²) in [6, 6.07) is 5.46. The minimum Gasteiger partial charge on any atom is -0.314 e. The van der Waals surface area contributed by atoms with Crippen molar-refractivity contribution in [1.82, 2.24) is 10.2 Å². The quantitative estimate of drug-likeness (QED) is 0.837. The standard InChI is InChI=1S/C12H15BrClFN2.2ClH/c13-10-7-9(1-2-11(10)14)12(8-15)17-5-3-16-4-6-17;;/h1-2,7,12,16H,3-6,8H2;2*1H/t12-;;/m0../s1. The van der Waals surface area contributed by atoms with Crippen LogP contribution in [0, 0.1) is 0 Å². The van der Waals surface area contributed by atoms with Gasteiger partial charge >= 0.3 is 0 Å². The second-order valence-corrected chi connectivity index (χ2v) is 5.39. The fourth-order valence-electron chi connectivity index (χ4n) is 2.11. The van der Waals surface area contributed by atoms with Crippen molar-refractivity contribution in [3.05, 3.63) is 33.3 Å². The second-order valence-electron chi connectivity index (χ2n) is 4.13. The van der Waals surface area contributed by atoms with Gasteiger partial charge in [-0.2, -0.15) is 0 Å². The van der Waals surface area contributed by atoms with E-state index in [2.05, 4.69) is 26.1 Å². The molecule has 0 amide bonds. The van der Waals surface area contributed by atoms with E-state index in [0.717, 1.165) is 36.2 Å². The zero-order valence-electron chi connectivity index (χ0n) is 10.2. The van der Waals surface area contributed by atoms with Gasteiger partial charge in [-0.3, -0.25) is 4.90 Å². The van der Waals surface area contributed by atoms with Crippen molar-refractivity contribution in [2.45, 2.75) is 6.04 Å².